The number of nitrogens with zero attached hydrogens (tertiary/aromatic N) is 3. The third kappa shape index (κ3) is 3.08. The summed E-state index contributed by atoms with van der Waals surface area (Å²) in [5, 5.41) is 13.1. The maximum atomic E-state index is 9.63. The molecule has 0 spiro atoms. The van der Waals surface area contributed by atoms with Crippen molar-refractivity contribution in [3.05, 3.63) is 11.9 Å². The van der Waals surface area contributed by atoms with Gasteiger partial charge in [0.15, 0.2) is 0 Å². The zero-order valence-corrected chi connectivity index (χ0v) is 12.0. The maximum absolute atomic E-state index is 9.63. The molecule has 1 aliphatic heterocycles. The van der Waals surface area contributed by atoms with Crippen LogP contribution in [0.3, 0.4) is 0 Å². The van der Waals surface area contributed by atoms with E-state index in [4.69, 9.17) is 4.74 Å². The van der Waals surface area contributed by atoms with Gasteiger partial charge in [0.05, 0.1) is 18.5 Å². The summed E-state index contributed by atoms with van der Waals surface area (Å²) in [5.41, 5.74) is 0.906. The molecule has 1 aliphatic rings. The number of nitrogens with one attached hydrogen (secondary N) is 1. The molecule has 2 heterocycles. The smallest absolute Gasteiger partial charge is 0.204 e. The molecule has 19 heavy (non-hydrogen) atoms. The van der Waals surface area contributed by atoms with Crippen LogP contribution in [0, 0.1) is 0 Å². The third-order valence-electron chi connectivity index (χ3n) is 3.86. The van der Waals surface area contributed by atoms with Crippen molar-refractivity contribution in [1.29, 1.82) is 0 Å². The molecule has 0 saturated carbocycles. The van der Waals surface area contributed by atoms with Gasteiger partial charge in [0.1, 0.15) is 0 Å². The van der Waals surface area contributed by atoms with Gasteiger partial charge in [0.2, 0.25) is 5.95 Å². The van der Waals surface area contributed by atoms with Gasteiger partial charge >= 0.3 is 0 Å². The van der Waals surface area contributed by atoms with E-state index >= 15 is 0 Å². The first-order valence-electron chi connectivity index (χ1n) is 6.69. The van der Waals surface area contributed by atoms with Crippen LogP contribution in [0.1, 0.15) is 18.5 Å². The number of aromatic nitrogens is 2. The average Bonchev–Trinajstić information content (AvgIpc) is 2.79. The second-order valence-corrected chi connectivity index (χ2v) is 5.41. The van der Waals surface area contributed by atoms with Crippen LogP contribution >= 0.6 is 0 Å². The first-order chi connectivity index (χ1) is 9.08. The zero-order chi connectivity index (χ0) is 13.9. The SMILES string of the molecule is CN(C)c1ncc(CNC2(CO)CCOCC2)n1C. The van der Waals surface area contributed by atoms with Gasteiger partial charge in [0, 0.05) is 46.4 Å². The van der Waals surface area contributed by atoms with E-state index in [1.165, 1.54) is 0 Å². The van der Waals surface area contributed by atoms with E-state index in [9.17, 15) is 5.11 Å². The number of rotatable bonds is 5. The molecule has 0 unspecified atom stereocenters. The van der Waals surface area contributed by atoms with E-state index in [1.54, 1.807) is 0 Å². The Morgan fingerprint density at radius 1 is 1.47 bits per heavy atom. The molecule has 0 bridgehead atoms. The minimum atomic E-state index is -0.208. The topological polar surface area (TPSA) is 62.6 Å². The normalized spacial score (nSPS) is 18.5. The van der Waals surface area contributed by atoms with Crippen molar-refractivity contribution in [3.63, 3.8) is 0 Å². The van der Waals surface area contributed by atoms with Crippen molar-refractivity contribution in [3.8, 4) is 0 Å². The summed E-state index contributed by atoms with van der Waals surface area (Å²) in [6, 6.07) is 0. The van der Waals surface area contributed by atoms with Crippen molar-refractivity contribution in [2.75, 3.05) is 38.8 Å². The zero-order valence-electron chi connectivity index (χ0n) is 12.0. The van der Waals surface area contributed by atoms with Crippen molar-refractivity contribution < 1.29 is 9.84 Å². The maximum Gasteiger partial charge on any atom is 0.204 e. The Labute approximate surface area is 114 Å². The minimum Gasteiger partial charge on any atom is -0.394 e. The highest BCUT2D eigenvalue weighted by Gasteiger charge is 2.31. The lowest BCUT2D eigenvalue weighted by Gasteiger charge is -2.36. The highest BCUT2D eigenvalue weighted by Crippen LogP contribution is 2.21. The molecular formula is C13H24N4O2. The fourth-order valence-corrected chi connectivity index (χ4v) is 2.44. The average molecular weight is 268 g/mol. The van der Waals surface area contributed by atoms with Gasteiger partial charge in [-0.25, -0.2) is 4.98 Å². The number of hydrogen-bond acceptors (Lipinski definition) is 5. The quantitative estimate of drug-likeness (QED) is 0.794. The lowest BCUT2D eigenvalue weighted by molar-refractivity contribution is 0.0109. The van der Waals surface area contributed by atoms with Gasteiger partial charge in [-0.1, -0.05) is 0 Å². The highest BCUT2D eigenvalue weighted by atomic mass is 16.5. The van der Waals surface area contributed by atoms with Gasteiger partial charge in [-0.15, -0.1) is 0 Å². The molecule has 108 valence electrons. The Kier molecular flexibility index (Phi) is 4.44. The Morgan fingerprint density at radius 2 is 2.16 bits per heavy atom. The Bertz CT molecular complexity index is 411. The number of imidazole rings is 1. The Balaban J connectivity index is 2.01. The summed E-state index contributed by atoms with van der Waals surface area (Å²) < 4.78 is 7.43. The molecule has 2 N–H and O–H groups in total. The molecule has 6 heteroatoms. The van der Waals surface area contributed by atoms with E-state index in [0.29, 0.717) is 19.8 Å². The van der Waals surface area contributed by atoms with Crippen LogP contribution in [-0.4, -0.2) is 54.1 Å². The molecular weight excluding hydrogens is 244 g/mol. The molecule has 0 aromatic carbocycles. The molecule has 0 aliphatic carbocycles. The monoisotopic (exact) mass is 268 g/mol. The van der Waals surface area contributed by atoms with E-state index in [2.05, 4.69) is 14.9 Å². The van der Waals surface area contributed by atoms with Crippen LogP contribution in [0.2, 0.25) is 0 Å². The van der Waals surface area contributed by atoms with E-state index in [-0.39, 0.29) is 12.1 Å². The summed E-state index contributed by atoms with van der Waals surface area (Å²) in [6.07, 6.45) is 3.58. The molecule has 0 radical (unpaired) electrons. The molecule has 0 atom stereocenters. The number of aliphatic hydroxyl groups excluding tert-OH is 1. The predicted molar refractivity (Wildman–Crippen MR) is 74.2 cm³/mol. The number of ether oxygens (including phenoxy) is 1. The molecule has 1 fully saturated rings. The standard InChI is InChI=1S/C13H24N4O2/c1-16(2)12-14-8-11(17(12)3)9-15-13(10-18)4-6-19-7-5-13/h8,15,18H,4-7,9-10H2,1-3H3. The Hall–Kier alpha value is -1.11. The second kappa shape index (κ2) is 5.90. The van der Waals surface area contributed by atoms with Gasteiger partial charge in [0.25, 0.3) is 0 Å². The van der Waals surface area contributed by atoms with Crippen LogP contribution in [-0.2, 0) is 18.3 Å². The van der Waals surface area contributed by atoms with Crippen LogP contribution in [0.15, 0.2) is 6.20 Å². The van der Waals surface area contributed by atoms with Gasteiger partial charge in [-0.3, -0.25) is 0 Å². The predicted octanol–water partition coefficient (Wildman–Crippen LogP) is 0.117. The van der Waals surface area contributed by atoms with Gasteiger partial charge in [-0.05, 0) is 12.8 Å². The van der Waals surface area contributed by atoms with Gasteiger partial charge in [-0.2, -0.15) is 0 Å². The van der Waals surface area contributed by atoms with Crippen LogP contribution in [0.25, 0.3) is 0 Å². The largest absolute Gasteiger partial charge is 0.394 e. The number of anilines is 1. The lowest BCUT2D eigenvalue weighted by atomic mass is 9.91. The summed E-state index contributed by atoms with van der Waals surface area (Å²) >= 11 is 0. The van der Waals surface area contributed by atoms with E-state index in [0.717, 1.165) is 24.5 Å². The Morgan fingerprint density at radius 3 is 2.68 bits per heavy atom. The van der Waals surface area contributed by atoms with Crippen molar-refractivity contribution in [2.24, 2.45) is 7.05 Å². The van der Waals surface area contributed by atoms with Crippen LogP contribution in [0.4, 0.5) is 5.95 Å². The minimum absolute atomic E-state index is 0.148. The molecule has 1 aromatic heterocycles. The molecule has 6 nitrogen and oxygen atoms in total. The number of hydrogen-bond donors (Lipinski definition) is 2. The third-order valence-corrected chi connectivity index (χ3v) is 3.86. The fourth-order valence-electron chi connectivity index (χ4n) is 2.44. The summed E-state index contributed by atoms with van der Waals surface area (Å²) in [5.74, 6) is 0.932. The number of aliphatic hydroxyl groups is 1. The molecule has 1 aromatic rings. The summed E-state index contributed by atoms with van der Waals surface area (Å²) in [6.45, 7) is 2.27. The first-order valence-corrected chi connectivity index (χ1v) is 6.69. The van der Waals surface area contributed by atoms with E-state index < -0.39 is 0 Å². The summed E-state index contributed by atoms with van der Waals surface area (Å²) in [7, 11) is 5.97. The first kappa shape index (κ1) is 14.3. The van der Waals surface area contributed by atoms with E-state index in [1.807, 2.05) is 32.2 Å². The second-order valence-electron chi connectivity index (χ2n) is 5.41. The van der Waals surface area contributed by atoms with Crippen LogP contribution in [0.5, 0.6) is 0 Å². The van der Waals surface area contributed by atoms with Gasteiger partial charge < -0.3 is 24.6 Å². The highest BCUT2D eigenvalue weighted by molar-refractivity contribution is 5.31. The van der Waals surface area contributed by atoms with Crippen molar-refractivity contribution in [1.82, 2.24) is 14.9 Å². The summed E-state index contributed by atoms with van der Waals surface area (Å²) in [4.78, 5) is 6.38. The van der Waals surface area contributed by atoms with Crippen molar-refractivity contribution in [2.45, 2.75) is 24.9 Å². The molecule has 1 saturated heterocycles. The van der Waals surface area contributed by atoms with Crippen molar-refractivity contribution >= 4 is 5.95 Å². The fraction of sp³-hybridized carbons (Fsp3) is 0.769. The van der Waals surface area contributed by atoms with Crippen LogP contribution < -0.4 is 10.2 Å². The molecule has 0 amide bonds. The molecule has 2 rings (SSSR count). The lowest BCUT2D eigenvalue weighted by Crippen LogP contribution is -2.52.